The Hall–Kier alpha value is -1.53. The van der Waals surface area contributed by atoms with Gasteiger partial charge in [-0.05, 0) is 37.3 Å². The minimum Gasteiger partial charge on any atom is -0.381 e. The quantitative estimate of drug-likeness (QED) is 0.820. The number of nitriles is 1. The third-order valence-corrected chi connectivity index (χ3v) is 3.61. The molecule has 3 nitrogen and oxygen atoms in total. The molecule has 1 fully saturated rings. The summed E-state index contributed by atoms with van der Waals surface area (Å²) >= 11 is 0. The van der Waals surface area contributed by atoms with Crippen molar-refractivity contribution in [2.75, 3.05) is 31.7 Å². The highest BCUT2D eigenvalue weighted by Crippen LogP contribution is 2.26. The van der Waals surface area contributed by atoms with Gasteiger partial charge in [0.05, 0.1) is 11.3 Å². The molecule has 0 spiro atoms. The van der Waals surface area contributed by atoms with Crippen molar-refractivity contribution in [3.63, 3.8) is 0 Å². The molecule has 0 unspecified atom stereocenters. The number of hydrogen-bond acceptors (Lipinski definition) is 3. The summed E-state index contributed by atoms with van der Waals surface area (Å²) < 4.78 is 5.38. The largest absolute Gasteiger partial charge is 0.381 e. The predicted molar refractivity (Wildman–Crippen MR) is 72.7 cm³/mol. The zero-order chi connectivity index (χ0) is 13.0. The molecule has 0 atom stereocenters. The van der Waals surface area contributed by atoms with Gasteiger partial charge in [0.1, 0.15) is 6.07 Å². The zero-order valence-electron chi connectivity index (χ0n) is 11.1. The number of ether oxygens (including phenoxy) is 1. The molecule has 96 valence electrons. The van der Waals surface area contributed by atoms with Gasteiger partial charge in [0.25, 0.3) is 0 Å². The Kier molecular flexibility index (Phi) is 4.22. The number of rotatable bonds is 3. The number of hydrogen-bond donors (Lipinski definition) is 0. The molecule has 0 N–H and O–H groups in total. The van der Waals surface area contributed by atoms with Crippen LogP contribution in [0.5, 0.6) is 0 Å². The van der Waals surface area contributed by atoms with Gasteiger partial charge < -0.3 is 9.64 Å². The first-order valence-corrected chi connectivity index (χ1v) is 6.51. The fourth-order valence-corrected chi connectivity index (χ4v) is 2.66. The van der Waals surface area contributed by atoms with E-state index < -0.39 is 0 Å². The van der Waals surface area contributed by atoms with Gasteiger partial charge in [0.2, 0.25) is 0 Å². The maximum absolute atomic E-state index is 9.20. The van der Waals surface area contributed by atoms with Crippen molar-refractivity contribution in [1.82, 2.24) is 0 Å². The Morgan fingerprint density at radius 2 is 2.11 bits per heavy atom. The van der Waals surface area contributed by atoms with Crippen LogP contribution < -0.4 is 4.90 Å². The molecular formula is C15H20N2O. The van der Waals surface area contributed by atoms with Crippen LogP contribution in [0.2, 0.25) is 0 Å². The van der Waals surface area contributed by atoms with Gasteiger partial charge in [-0.1, -0.05) is 12.1 Å². The molecule has 1 saturated heterocycles. The maximum Gasteiger partial charge on any atom is 0.101 e. The highest BCUT2D eigenvalue weighted by Gasteiger charge is 2.18. The number of nitrogens with zero attached hydrogens (tertiary/aromatic N) is 2. The van der Waals surface area contributed by atoms with Gasteiger partial charge >= 0.3 is 0 Å². The zero-order valence-corrected chi connectivity index (χ0v) is 11.1. The van der Waals surface area contributed by atoms with Gasteiger partial charge in [-0.15, -0.1) is 0 Å². The van der Waals surface area contributed by atoms with Crippen LogP contribution in [-0.4, -0.2) is 26.8 Å². The van der Waals surface area contributed by atoms with E-state index in [9.17, 15) is 5.26 Å². The second-order valence-electron chi connectivity index (χ2n) is 5.02. The monoisotopic (exact) mass is 244 g/mol. The van der Waals surface area contributed by atoms with E-state index in [0.717, 1.165) is 43.9 Å². The average molecular weight is 244 g/mol. The van der Waals surface area contributed by atoms with Gasteiger partial charge in [0, 0.05) is 26.8 Å². The summed E-state index contributed by atoms with van der Waals surface area (Å²) in [5, 5.41) is 9.20. The standard InChI is InChI=1S/C15H20N2O/c1-12-4-3-5-14(10-16)15(12)17(2)11-13-6-8-18-9-7-13/h3-5,13H,6-9,11H2,1-2H3. The molecule has 0 amide bonds. The molecule has 0 saturated carbocycles. The molecule has 0 bridgehead atoms. The minimum absolute atomic E-state index is 0.676. The minimum atomic E-state index is 0.676. The van der Waals surface area contributed by atoms with Crippen LogP contribution in [0.1, 0.15) is 24.0 Å². The second kappa shape index (κ2) is 5.88. The van der Waals surface area contributed by atoms with Gasteiger partial charge in [-0.25, -0.2) is 0 Å². The van der Waals surface area contributed by atoms with Crippen molar-refractivity contribution in [2.24, 2.45) is 5.92 Å². The van der Waals surface area contributed by atoms with Gasteiger partial charge in [0.15, 0.2) is 0 Å². The maximum atomic E-state index is 9.20. The van der Waals surface area contributed by atoms with Crippen LogP contribution in [0.15, 0.2) is 18.2 Å². The van der Waals surface area contributed by atoms with E-state index in [4.69, 9.17) is 4.74 Å². The molecule has 0 aromatic heterocycles. The SMILES string of the molecule is Cc1cccc(C#N)c1N(C)CC1CCOCC1. The Balaban J connectivity index is 2.13. The van der Waals surface area contributed by atoms with Crippen LogP contribution in [0, 0.1) is 24.2 Å². The van der Waals surface area contributed by atoms with E-state index in [1.807, 2.05) is 12.1 Å². The lowest BCUT2D eigenvalue weighted by atomic mass is 9.98. The molecule has 1 aliphatic heterocycles. The van der Waals surface area contributed by atoms with E-state index >= 15 is 0 Å². The smallest absolute Gasteiger partial charge is 0.101 e. The fraction of sp³-hybridized carbons (Fsp3) is 0.533. The van der Waals surface area contributed by atoms with E-state index in [0.29, 0.717) is 5.92 Å². The summed E-state index contributed by atoms with van der Waals surface area (Å²) in [6.07, 6.45) is 2.25. The van der Waals surface area contributed by atoms with Crippen LogP contribution in [-0.2, 0) is 4.74 Å². The Labute approximate surface area is 109 Å². The first-order valence-electron chi connectivity index (χ1n) is 6.51. The van der Waals surface area contributed by atoms with Crippen molar-refractivity contribution < 1.29 is 4.74 Å². The third kappa shape index (κ3) is 2.83. The molecule has 1 aromatic rings. The topological polar surface area (TPSA) is 36.3 Å². The van der Waals surface area contributed by atoms with Gasteiger partial charge in [-0.2, -0.15) is 5.26 Å². The number of aryl methyl sites for hydroxylation is 1. The lowest BCUT2D eigenvalue weighted by molar-refractivity contribution is 0.0685. The summed E-state index contributed by atoms with van der Waals surface area (Å²) in [4.78, 5) is 2.23. The first-order chi connectivity index (χ1) is 8.72. The molecular weight excluding hydrogens is 224 g/mol. The van der Waals surface area contributed by atoms with E-state index in [2.05, 4.69) is 31.0 Å². The lowest BCUT2D eigenvalue weighted by Gasteiger charge is -2.29. The summed E-state index contributed by atoms with van der Waals surface area (Å²) in [5.74, 6) is 0.676. The Morgan fingerprint density at radius 3 is 2.78 bits per heavy atom. The molecule has 0 radical (unpaired) electrons. The molecule has 1 aliphatic rings. The lowest BCUT2D eigenvalue weighted by Crippen LogP contribution is -2.30. The van der Waals surface area contributed by atoms with Crippen LogP contribution in [0.4, 0.5) is 5.69 Å². The first kappa shape index (κ1) is 12.9. The van der Waals surface area contributed by atoms with Crippen LogP contribution in [0.25, 0.3) is 0 Å². The number of para-hydroxylation sites is 1. The van der Waals surface area contributed by atoms with E-state index in [-0.39, 0.29) is 0 Å². The summed E-state index contributed by atoms with van der Waals surface area (Å²) in [7, 11) is 2.08. The Bertz CT molecular complexity index is 444. The molecule has 18 heavy (non-hydrogen) atoms. The summed E-state index contributed by atoms with van der Waals surface area (Å²) in [6.45, 7) is 4.81. The van der Waals surface area contributed by atoms with Crippen LogP contribution >= 0.6 is 0 Å². The van der Waals surface area contributed by atoms with Crippen LogP contribution in [0.3, 0.4) is 0 Å². The Morgan fingerprint density at radius 1 is 1.39 bits per heavy atom. The average Bonchev–Trinajstić information content (AvgIpc) is 2.39. The van der Waals surface area contributed by atoms with Crippen molar-refractivity contribution in [3.05, 3.63) is 29.3 Å². The number of anilines is 1. The van der Waals surface area contributed by atoms with E-state index in [1.54, 1.807) is 0 Å². The summed E-state index contributed by atoms with van der Waals surface area (Å²) in [6, 6.07) is 8.19. The highest BCUT2D eigenvalue weighted by molar-refractivity contribution is 5.63. The third-order valence-electron chi connectivity index (χ3n) is 3.61. The normalized spacial score (nSPS) is 16.3. The molecule has 0 aliphatic carbocycles. The molecule has 3 heteroatoms. The predicted octanol–water partition coefficient (Wildman–Crippen LogP) is 2.73. The van der Waals surface area contributed by atoms with Gasteiger partial charge in [-0.3, -0.25) is 0 Å². The van der Waals surface area contributed by atoms with Crippen molar-refractivity contribution in [1.29, 1.82) is 5.26 Å². The molecule has 1 aromatic carbocycles. The van der Waals surface area contributed by atoms with Crippen molar-refractivity contribution in [2.45, 2.75) is 19.8 Å². The fourth-order valence-electron chi connectivity index (χ4n) is 2.66. The summed E-state index contributed by atoms with van der Waals surface area (Å²) in [5.41, 5.74) is 3.01. The number of benzene rings is 1. The second-order valence-corrected chi connectivity index (χ2v) is 5.02. The highest BCUT2D eigenvalue weighted by atomic mass is 16.5. The van der Waals surface area contributed by atoms with E-state index in [1.165, 1.54) is 5.56 Å². The molecule has 2 rings (SSSR count). The molecule has 1 heterocycles. The van der Waals surface area contributed by atoms with Crippen molar-refractivity contribution >= 4 is 5.69 Å². The van der Waals surface area contributed by atoms with Crippen molar-refractivity contribution in [3.8, 4) is 6.07 Å².